The number of nitrogens with zero attached hydrogens (tertiary/aromatic N) is 2. The van der Waals surface area contributed by atoms with Crippen LogP contribution in [0.4, 0.5) is 0 Å². The van der Waals surface area contributed by atoms with Crippen LogP contribution >= 0.6 is 0 Å². The van der Waals surface area contributed by atoms with Gasteiger partial charge in [0.05, 0.1) is 11.7 Å². The van der Waals surface area contributed by atoms with Crippen molar-refractivity contribution in [1.29, 1.82) is 0 Å². The number of benzene rings is 1. The van der Waals surface area contributed by atoms with E-state index in [1.165, 1.54) is 0 Å². The first-order chi connectivity index (χ1) is 8.28. The van der Waals surface area contributed by atoms with Gasteiger partial charge in [-0.05, 0) is 18.2 Å². The van der Waals surface area contributed by atoms with E-state index >= 15 is 0 Å². The smallest absolute Gasteiger partial charge is 0.253 e. The summed E-state index contributed by atoms with van der Waals surface area (Å²) in [5, 5.41) is 16.6. The van der Waals surface area contributed by atoms with Gasteiger partial charge in [0.15, 0.2) is 0 Å². The van der Waals surface area contributed by atoms with Gasteiger partial charge < -0.3 is 10.0 Å². The standard InChI is InChI=1S/C12H13N3O2/c16-7-8-5-15(6-8)12(17)9-1-2-11-10(3-9)4-13-14-11/h1-4,8,16H,5-7H2,(H,13,14). The molecule has 17 heavy (non-hydrogen) atoms. The lowest BCUT2D eigenvalue weighted by molar-refractivity contribution is 0.0362. The van der Waals surface area contributed by atoms with Crippen molar-refractivity contribution in [2.24, 2.45) is 5.92 Å². The van der Waals surface area contributed by atoms with Gasteiger partial charge in [-0.25, -0.2) is 0 Å². The van der Waals surface area contributed by atoms with E-state index < -0.39 is 0 Å². The van der Waals surface area contributed by atoms with Gasteiger partial charge in [0, 0.05) is 36.6 Å². The van der Waals surface area contributed by atoms with Gasteiger partial charge in [-0.2, -0.15) is 5.10 Å². The summed E-state index contributed by atoms with van der Waals surface area (Å²) in [4.78, 5) is 13.8. The van der Waals surface area contributed by atoms with Crippen LogP contribution < -0.4 is 0 Å². The lowest BCUT2D eigenvalue weighted by Crippen LogP contribution is -2.51. The van der Waals surface area contributed by atoms with E-state index in [-0.39, 0.29) is 18.4 Å². The molecule has 0 atom stereocenters. The molecule has 0 bridgehead atoms. The van der Waals surface area contributed by atoms with Crippen molar-refractivity contribution in [1.82, 2.24) is 15.1 Å². The van der Waals surface area contributed by atoms with Crippen LogP contribution in [0.25, 0.3) is 10.9 Å². The molecule has 88 valence electrons. The molecule has 0 unspecified atom stereocenters. The third-order valence-electron chi connectivity index (χ3n) is 3.19. The highest BCUT2D eigenvalue weighted by Gasteiger charge is 2.30. The van der Waals surface area contributed by atoms with Crippen LogP contribution in [0.5, 0.6) is 0 Å². The topological polar surface area (TPSA) is 69.2 Å². The second-order valence-corrected chi connectivity index (χ2v) is 4.43. The van der Waals surface area contributed by atoms with Gasteiger partial charge in [0.2, 0.25) is 0 Å². The number of carbonyl (C=O) groups is 1. The van der Waals surface area contributed by atoms with Crippen LogP contribution in [0.3, 0.4) is 0 Å². The molecule has 3 rings (SSSR count). The number of fused-ring (bicyclic) bond motifs is 1. The summed E-state index contributed by atoms with van der Waals surface area (Å²) < 4.78 is 0. The molecule has 1 aromatic heterocycles. The molecule has 1 fully saturated rings. The van der Waals surface area contributed by atoms with Crippen molar-refractivity contribution in [3.05, 3.63) is 30.0 Å². The average molecular weight is 231 g/mol. The van der Waals surface area contributed by atoms with Crippen molar-refractivity contribution in [2.75, 3.05) is 19.7 Å². The lowest BCUT2D eigenvalue weighted by atomic mass is 10.00. The molecular formula is C12H13N3O2. The largest absolute Gasteiger partial charge is 0.396 e. The third-order valence-corrected chi connectivity index (χ3v) is 3.19. The second-order valence-electron chi connectivity index (χ2n) is 4.43. The minimum absolute atomic E-state index is 0.0257. The summed E-state index contributed by atoms with van der Waals surface area (Å²) in [6, 6.07) is 5.50. The molecule has 1 aliphatic heterocycles. The molecule has 1 aromatic carbocycles. The monoisotopic (exact) mass is 231 g/mol. The first-order valence-electron chi connectivity index (χ1n) is 5.61. The fourth-order valence-electron chi connectivity index (χ4n) is 2.11. The SMILES string of the molecule is O=C(c1ccc2[nH]ncc2c1)N1CC(CO)C1. The van der Waals surface area contributed by atoms with Gasteiger partial charge in [-0.1, -0.05) is 0 Å². The van der Waals surface area contributed by atoms with Gasteiger partial charge >= 0.3 is 0 Å². The molecular weight excluding hydrogens is 218 g/mol. The fourth-order valence-corrected chi connectivity index (χ4v) is 2.11. The normalized spacial score (nSPS) is 16.2. The molecule has 0 aliphatic carbocycles. The summed E-state index contributed by atoms with van der Waals surface area (Å²) in [7, 11) is 0. The van der Waals surface area contributed by atoms with Crippen molar-refractivity contribution in [3.8, 4) is 0 Å². The minimum Gasteiger partial charge on any atom is -0.396 e. The van der Waals surface area contributed by atoms with Crippen molar-refractivity contribution in [2.45, 2.75) is 0 Å². The first-order valence-corrected chi connectivity index (χ1v) is 5.61. The van der Waals surface area contributed by atoms with Crippen molar-refractivity contribution < 1.29 is 9.90 Å². The predicted molar refractivity (Wildman–Crippen MR) is 62.6 cm³/mol. The zero-order valence-electron chi connectivity index (χ0n) is 9.26. The van der Waals surface area contributed by atoms with Gasteiger partial charge in [-0.15, -0.1) is 0 Å². The summed E-state index contributed by atoms with van der Waals surface area (Å²) in [5.74, 6) is 0.273. The first kappa shape index (κ1) is 10.3. The Morgan fingerprint density at radius 3 is 3.12 bits per heavy atom. The summed E-state index contributed by atoms with van der Waals surface area (Å²) in [5.41, 5.74) is 1.61. The molecule has 0 spiro atoms. The van der Waals surface area contributed by atoms with Crippen LogP contribution in [0.15, 0.2) is 24.4 Å². The highest BCUT2D eigenvalue weighted by molar-refractivity contribution is 5.98. The highest BCUT2D eigenvalue weighted by Crippen LogP contribution is 2.20. The van der Waals surface area contributed by atoms with E-state index in [4.69, 9.17) is 5.11 Å². The molecule has 2 N–H and O–H groups in total. The third kappa shape index (κ3) is 1.68. The number of aromatic nitrogens is 2. The number of hydrogen-bond donors (Lipinski definition) is 2. The van der Waals surface area contributed by atoms with Crippen LogP contribution in [0, 0.1) is 5.92 Å². The average Bonchev–Trinajstić information content (AvgIpc) is 2.74. The Labute approximate surface area is 98.0 Å². The molecule has 1 aliphatic rings. The van der Waals surface area contributed by atoms with Crippen LogP contribution in [-0.4, -0.2) is 45.8 Å². The van der Waals surface area contributed by atoms with Gasteiger partial charge in [-0.3, -0.25) is 9.89 Å². The summed E-state index contributed by atoms with van der Waals surface area (Å²) in [6.45, 7) is 1.46. The Kier molecular flexibility index (Phi) is 2.33. The van der Waals surface area contributed by atoms with Gasteiger partial charge in [0.1, 0.15) is 0 Å². The number of aliphatic hydroxyl groups excluding tert-OH is 1. The van der Waals surface area contributed by atoms with E-state index in [2.05, 4.69) is 10.2 Å². The van der Waals surface area contributed by atoms with Crippen LogP contribution in [-0.2, 0) is 0 Å². The Bertz CT molecular complexity index is 558. The Morgan fingerprint density at radius 2 is 2.35 bits per heavy atom. The zero-order valence-corrected chi connectivity index (χ0v) is 9.26. The number of nitrogens with one attached hydrogen (secondary N) is 1. The zero-order chi connectivity index (χ0) is 11.8. The fraction of sp³-hybridized carbons (Fsp3) is 0.333. The number of aliphatic hydroxyl groups is 1. The number of amides is 1. The number of rotatable bonds is 2. The van der Waals surface area contributed by atoms with Gasteiger partial charge in [0.25, 0.3) is 5.91 Å². The second kappa shape index (κ2) is 3.85. The molecule has 5 heteroatoms. The van der Waals surface area contributed by atoms with Crippen molar-refractivity contribution >= 4 is 16.8 Å². The Hall–Kier alpha value is -1.88. The number of aromatic amines is 1. The molecule has 2 aromatic rings. The Morgan fingerprint density at radius 1 is 1.53 bits per heavy atom. The molecule has 2 heterocycles. The lowest BCUT2D eigenvalue weighted by Gasteiger charge is -2.38. The van der Waals surface area contributed by atoms with E-state index in [0.717, 1.165) is 10.9 Å². The molecule has 1 amide bonds. The number of H-pyrrole nitrogens is 1. The number of carbonyl (C=O) groups excluding carboxylic acids is 1. The maximum absolute atomic E-state index is 12.1. The minimum atomic E-state index is 0.0257. The van der Waals surface area contributed by atoms with E-state index in [1.807, 2.05) is 12.1 Å². The maximum Gasteiger partial charge on any atom is 0.253 e. The van der Waals surface area contributed by atoms with E-state index in [1.54, 1.807) is 17.2 Å². The molecule has 5 nitrogen and oxygen atoms in total. The van der Waals surface area contributed by atoms with Crippen LogP contribution in [0.2, 0.25) is 0 Å². The number of likely N-dealkylation sites (tertiary alicyclic amines) is 1. The number of hydrogen-bond acceptors (Lipinski definition) is 3. The molecule has 0 saturated carbocycles. The predicted octanol–water partition coefficient (Wildman–Crippen LogP) is 0.627. The van der Waals surface area contributed by atoms with Crippen LogP contribution in [0.1, 0.15) is 10.4 Å². The van der Waals surface area contributed by atoms with E-state index in [9.17, 15) is 4.79 Å². The summed E-state index contributed by atoms with van der Waals surface area (Å²) >= 11 is 0. The quantitative estimate of drug-likeness (QED) is 0.796. The Balaban J connectivity index is 1.81. The highest BCUT2D eigenvalue weighted by atomic mass is 16.3. The maximum atomic E-state index is 12.1. The summed E-state index contributed by atoms with van der Waals surface area (Å²) in [6.07, 6.45) is 1.71. The molecule has 1 saturated heterocycles. The van der Waals surface area contributed by atoms with E-state index in [0.29, 0.717) is 18.7 Å². The van der Waals surface area contributed by atoms with Crippen molar-refractivity contribution in [3.63, 3.8) is 0 Å². The molecule has 0 radical (unpaired) electrons.